The van der Waals surface area contributed by atoms with Crippen molar-refractivity contribution in [2.75, 3.05) is 24.7 Å². The van der Waals surface area contributed by atoms with Crippen LogP contribution in [0.15, 0.2) is 30.3 Å². The second kappa shape index (κ2) is 6.01. The molecule has 0 N–H and O–H groups in total. The van der Waals surface area contributed by atoms with Crippen molar-refractivity contribution in [3.63, 3.8) is 0 Å². The lowest BCUT2D eigenvalue weighted by Crippen LogP contribution is -2.31. The van der Waals surface area contributed by atoms with Crippen LogP contribution in [0, 0.1) is 0 Å². The number of carbonyl (C=O) groups excluding carboxylic acids is 1. The Labute approximate surface area is 88.5 Å². The number of ether oxygens (including phenoxy) is 1. The topological polar surface area (TPSA) is 29.5 Å². The van der Waals surface area contributed by atoms with E-state index in [0.29, 0.717) is 6.54 Å². The van der Waals surface area contributed by atoms with E-state index in [2.05, 4.69) is 0 Å². The van der Waals surface area contributed by atoms with E-state index in [9.17, 15) is 9.18 Å². The van der Waals surface area contributed by atoms with Gasteiger partial charge in [0, 0.05) is 12.2 Å². The van der Waals surface area contributed by atoms with Crippen LogP contribution in [-0.4, -0.2) is 25.9 Å². The van der Waals surface area contributed by atoms with Crippen molar-refractivity contribution < 1.29 is 13.9 Å². The molecule has 0 heterocycles. The van der Waals surface area contributed by atoms with Crippen molar-refractivity contribution in [2.45, 2.75) is 6.92 Å². The van der Waals surface area contributed by atoms with Crippen molar-refractivity contribution in [2.24, 2.45) is 0 Å². The number of hydrogen-bond donors (Lipinski definition) is 0. The third-order valence-corrected chi connectivity index (χ3v) is 1.91. The predicted octanol–water partition coefficient (Wildman–Crippen LogP) is 2.62. The Hall–Kier alpha value is -1.58. The van der Waals surface area contributed by atoms with Crippen molar-refractivity contribution in [1.29, 1.82) is 0 Å². The third kappa shape index (κ3) is 3.23. The molecule has 82 valence electrons. The molecule has 0 radical (unpaired) electrons. The number of nitrogens with zero attached hydrogens (tertiary/aromatic N) is 1. The van der Waals surface area contributed by atoms with Crippen LogP contribution in [0.1, 0.15) is 6.92 Å². The van der Waals surface area contributed by atoms with Crippen LogP contribution < -0.4 is 4.90 Å². The highest BCUT2D eigenvalue weighted by Crippen LogP contribution is 2.13. The average molecular weight is 211 g/mol. The molecule has 1 aromatic rings. The Morgan fingerprint density at radius 2 is 2.07 bits per heavy atom. The zero-order chi connectivity index (χ0) is 11.1. The lowest BCUT2D eigenvalue weighted by Gasteiger charge is -2.19. The van der Waals surface area contributed by atoms with Gasteiger partial charge in [0.25, 0.3) is 0 Å². The Balaban J connectivity index is 2.67. The lowest BCUT2D eigenvalue weighted by atomic mass is 10.3. The highest BCUT2D eigenvalue weighted by atomic mass is 19.1. The molecule has 0 aromatic heterocycles. The fraction of sp³-hybridized carbons (Fsp3) is 0.364. The van der Waals surface area contributed by atoms with Crippen LogP contribution in [0.5, 0.6) is 0 Å². The Bertz CT molecular complexity index is 303. The molecule has 0 saturated heterocycles. The van der Waals surface area contributed by atoms with E-state index in [1.807, 2.05) is 25.1 Å². The van der Waals surface area contributed by atoms with Gasteiger partial charge in [-0.1, -0.05) is 18.2 Å². The summed E-state index contributed by atoms with van der Waals surface area (Å²) in [7, 11) is 0. The molecule has 0 bridgehead atoms. The van der Waals surface area contributed by atoms with E-state index in [1.165, 1.54) is 4.90 Å². The molecule has 0 unspecified atom stereocenters. The molecule has 0 aliphatic rings. The van der Waals surface area contributed by atoms with Gasteiger partial charge in [0.15, 0.2) is 0 Å². The quantitative estimate of drug-likeness (QED) is 0.766. The van der Waals surface area contributed by atoms with Gasteiger partial charge in [-0.15, -0.1) is 0 Å². The Morgan fingerprint density at radius 3 is 2.60 bits per heavy atom. The monoisotopic (exact) mass is 211 g/mol. The van der Waals surface area contributed by atoms with E-state index >= 15 is 0 Å². The van der Waals surface area contributed by atoms with Crippen molar-refractivity contribution in [3.8, 4) is 0 Å². The van der Waals surface area contributed by atoms with E-state index in [1.54, 1.807) is 12.1 Å². The molecular weight excluding hydrogens is 197 g/mol. The molecule has 0 atom stereocenters. The highest BCUT2D eigenvalue weighted by Gasteiger charge is 2.14. The fourth-order valence-electron chi connectivity index (χ4n) is 1.23. The van der Waals surface area contributed by atoms with Gasteiger partial charge in [0.2, 0.25) is 0 Å². The first-order valence-electron chi connectivity index (χ1n) is 4.85. The first-order chi connectivity index (χ1) is 7.29. The second-order valence-corrected chi connectivity index (χ2v) is 2.88. The maximum absolute atomic E-state index is 11.8. The molecule has 1 rings (SSSR count). The third-order valence-electron chi connectivity index (χ3n) is 1.91. The van der Waals surface area contributed by atoms with Crippen LogP contribution >= 0.6 is 0 Å². The predicted molar refractivity (Wildman–Crippen MR) is 56.8 cm³/mol. The molecule has 15 heavy (non-hydrogen) atoms. The minimum absolute atomic E-state index is 0.192. The van der Waals surface area contributed by atoms with Crippen LogP contribution in [0.4, 0.5) is 14.9 Å². The molecule has 3 nitrogen and oxygen atoms in total. The summed E-state index contributed by atoms with van der Waals surface area (Å²) in [5.41, 5.74) is 0.754. The zero-order valence-electron chi connectivity index (χ0n) is 8.65. The van der Waals surface area contributed by atoms with Gasteiger partial charge in [0.1, 0.15) is 13.3 Å². The van der Waals surface area contributed by atoms with Gasteiger partial charge in [-0.2, -0.15) is 0 Å². The first-order valence-corrected chi connectivity index (χ1v) is 4.85. The van der Waals surface area contributed by atoms with Crippen molar-refractivity contribution >= 4 is 11.8 Å². The van der Waals surface area contributed by atoms with Crippen LogP contribution in [0.3, 0.4) is 0 Å². The molecule has 0 spiro atoms. The number of para-hydroxylation sites is 1. The van der Waals surface area contributed by atoms with Crippen molar-refractivity contribution in [1.82, 2.24) is 0 Å². The van der Waals surface area contributed by atoms with Gasteiger partial charge in [-0.25, -0.2) is 9.18 Å². The van der Waals surface area contributed by atoms with Gasteiger partial charge in [0.05, 0.1) is 0 Å². The summed E-state index contributed by atoms with van der Waals surface area (Å²) in [5, 5.41) is 0. The van der Waals surface area contributed by atoms with Gasteiger partial charge >= 0.3 is 6.09 Å². The van der Waals surface area contributed by atoms with Gasteiger partial charge < -0.3 is 4.74 Å². The van der Waals surface area contributed by atoms with Crippen LogP contribution in [-0.2, 0) is 4.74 Å². The second-order valence-electron chi connectivity index (χ2n) is 2.88. The Kier molecular flexibility index (Phi) is 4.60. The van der Waals surface area contributed by atoms with Crippen molar-refractivity contribution in [3.05, 3.63) is 30.3 Å². The standard InChI is InChI=1S/C11H14FNO2/c1-2-13(11(14)15-9-8-12)10-6-4-3-5-7-10/h3-7H,2,8-9H2,1H3. The summed E-state index contributed by atoms with van der Waals surface area (Å²) in [6, 6.07) is 9.14. The van der Waals surface area contributed by atoms with E-state index in [0.717, 1.165) is 5.69 Å². The smallest absolute Gasteiger partial charge is 0.414 e. The van der Waals surface area contributed by atoms with Gasteiger partial charge in [-0.05, 0) is 19.1 Å². The minimum atomic E-state index is -0.655. The molecular formula is C11H14FNO2. The summed E-state index contributed by atoms with van der Waals surface area (Å²) < 4.78 is 16.5. The largest absolute Gasteiger partial charge is 0.446 e. The Morgan fingerprint density at radius 1 is 1.40 bits per heavy atom. The molecule has 0 aliphatic carbocycles. The number of anilines is 1. The average Bonchev–Trinajstić information content (AvgIpc) is 2.29. The fourth-order valence-corrected chi connectivity index (χ4v) is 1.23. The maximum Gasteiger partial charge on any atom is 0.414 e. The summed E-state index contributed by atoms with van der Waals surface area (Å²) in [4.78, 5) is 12.9. The lowest BCUT2D eigenvalue weighted by molar-refractivity contribution is 0.145. The SMILES string of the molecule is CCN(C(=O)OCCF)c1ccccc1. The van der Waals surface area contributed by atoms with Crippen LogP contribution in [0.25, 0.3) is 0 Å². The number of carbonyl (C=O) groups is 1. The number of hydrogen-bond acceptors (Lipinski definition) is 2. The summed E-state index contributed by atoms with van der Waals surface area (Å²) >= 11 is 0. The number of benzene rings is 1. The molecule has 0 aliphatic heterocycles. The molecule has 0 saturated carbocycles. The zero-order valence-corrected chi connectivity index (χ0v) is 8.65. The minimum Gasteiger partial charge on any atom is -0.446 e. The highest BCUT2D eigenvalue weighted by molar-refractivity contribution is 5.87. The summed E-state index contributed by atoms with van der Waals surface area (Å²) in [6.07, 6.45) is -0.513. The molecule has 1 amide bonds. The molecule has 1 aromatic carbocycles. The summed E-state index contributed by atoms with van der Waals surface area (Å²) in [6.45, 7) is 1.49. The molecule has 0 fully saturated rings. The van der Waals surface area contributed by atoms with Crippen LogP contribution in [0.2, 0.25) is 0 Å². The normalized spacial score (nSPS) is 9.73. The van der Waals surface area contributed by atoms with E-state index in [-0.39, 0.29) is 6.61 Å². The number of amides is 1. The number of rotatable bonds is 4. The number of alkyl halides is 1. The maximum atomic E-state index is 11.8. The van der Waals surface area contributed by atoms with Gasteiger partial charge in [-0.3, -0.25) is 4.90 Å². The summed E-state index contributed by atoms with van der Waals surface area (Å²) in [5.74, 6) is 0. The van der Waals surface area contributed by atoms with E-state index < -0.39 is 12.8 Å². The first kappa shape index (κ1) is 11.5. The van der Waals surface area contributed by atoms with E-state index in [4.69, 9.17) is 4.74 Å². The molecule has 4 heteroatoms. The number of halogens is 1.